The van der Waals surface area contributed by atoms with Gasteiger partial charge in [0.25, 0.3) is 0 Å². The molecule has 1 rings (SSSR count). The second kappa shape index (κ2) is 5.16. The Morgan fingerprint density at radius 2 is 1.94 bits per heavy atom. The molecule has 0 aliphatic heterocycles. The van der Waals surface area contributed by atoms with Crippen LogP contribution in [0.1, 0.15) is 23.7 Å². The summed E-state index contributed by atoms with van der Waals surface area (Å²) in [5, 5.41) is 11.7. The molecule has 0 radical (unpaired) electrons. The molecule has 0 fully saturated rings. The molecule has 0 aromatic heterocycles. The van der Waals surface area contributed by atoms with Crippen LogP contribution in [0.15, 0.2) is 24.3 Å². The Bertz CT molecular complexity index is 387. The van der Waals surface area contributed by atoms with E-state index < -0.39 is 17.9 Å². The van der Waals surface area contributed by atoms with Gasteiger partial charge in [0.1, 0.15) is 6.04 Å². The lowest BCUT2D eigenvalue weighted by Gasteiger charge is -2.13. The number of carboxylic acid groups (broad SMARTS) is 1. The fraction of sp³-hybridized carbons (Fsp3) is 0.273. The molecule has 86 valence electrons. The van der Waals surface area contributed by atoms with Crippen molar-refractivity contribution < 1.29 is 14.7 Å². The number of carbonyl (C=O) groups excluding carboxylic acids is 1. The summed E-state index contributed by atoms with van der Waals surface area (Å²) in [7, 11) is 0. The van der Waals surface area contributed by atoms with Crippen molar-refractivity contribution in [1.82, 2.24) is 0 Å². The maximum atomic E-state index is 10.8. The second-order valence-corrected chi connectivity index (χ2v) is 3.39. The van der Waals surface area contributed by atoms with Gasteiger partial charge >= 0.3 is 5.97 Å². The molecule has 0 saturated carbocycles. The van der Waals surface area contributed by atoms with Gasteiger partial charge in [-0.05, 0) is 30.7 Å². The molecule has 5 nitrogen and oxygen atoms in total. The number of primary amides is 1. The van der Waals surface area contributed by atoms with Crippen molar-refractivity contribution in [3.63, 3.8) is 0 Å². The van der Waals surface area contributed by atoms with Crippen molar-refractivity contribution in [3.8, 4) is 0 Å². The highest BCUT2D eigenvalue weighted by molar-refractivity contribution is 5.93. The SMILES string of the molecule is CCC(Nc1ccc(C(N)=O)cc1)C(=O)O. The Balaban J connectivity index is 2.75. The number of hydrogen-bond donors (Lipinski definition) is 3. The molecule has 0 bridgehead atoms. The van der Waals surface area contributed by atoms with Crippen molar-refractivity contribution >= 4 is 17.6 Å². The molecule has 4 N–H and O–H groups in total. The number of benzene rings is 1. The van der Waals surface area contributed by atoms with Gasteiger partial charge < -0.3 is 16.2 Å². The van der Waals surface area contributed by atoms with Gasteiger partial charge in [-0.2, -0.15) is 0 Å². The van der Waals surface area contributed by atoms with Crippen LogP contribution in [-0.2, 0) is 4.79 Å². The van der Waals surface area contributed by atoms with Gasteiger partial charge in [-0.3, -0.25) is 4.79 Å². The highest BCUT2D eigenvalue weighted by Crippen LogP contribution is 2.11. The minimum Gasteiger partial charge on any atom is -0.480 e. The molecule has 0 aliphatic carbocycles. The lowest BCUT2D eigenvalue weighted by atomic mass is 10.1. The Morgan fingerprint density at radius 3 is 2.31 bits per heavy atom. The summed E-state index contributed by atoms with van der Waals surface area (Å²) in [5.74, 6) is -1.40. The van der Waals surface area contributed by atoms with E-state index in [9.17, 15) is 9.59 Å². The lowest BCUT2D eigenvalue weighted by Crippen LogP contribution is -2.28. The zero-order chi connectivity index (χ0) is 12.1. The zero-order valence-corrected chi connectivity index (χ0v) is 8.93. The van der Waals surface area contributed by atoms with E-state index in [0.717, 1.165) is 0 Å². The predicted molar refractivity (Wildman–Crippen MR) is 60.3 cm³/mol. The monoisotopic (exact) mass is 222 g/mol. The maximum Gasteiger partial charge on any atom is 0.326 e. The molecule has 16 heavy (non-hydrogen) atoms. The van der Waals surface area contributed by atoms with Gasteiger partial charge in [-0.25, -0.2) is 4.79 Å². The summed E-state index contributed by atoms with van der Waals surface area (Å²) >= 11 is 0. The van der Waals surface area contributed by atoms with Gasteiger partial charge in [0, 0.05) is 11.3 Å². The summed E-state index contributed by atoms with van der Waals surface area (Å²) in [6.07, 6.45) is 0.479. The van der Waals surface area contributed by atoms with Crippen molar-refractivity contribution in [1.29, 1.82) is 0 Å². The number of anilines is 1. The molecule has 0 spiro atoms. The van der Waals surface area contributed by atoms with E-state index in [0.29, 0.717) is 17.7 Å². The average molecular weight is 222 g/mol. The second-order valence-electron chi connectivity index (χ2n) is 3.39. The van der Waals surface area contributed by atoms with Crippen LogP contribution in [0, 0.1) is 0 Å². The van der Waals surface area contributed by atoms with Gasteiger partial charge in [0.05, 0.1) is 0 Å². The fourth-order valence-corrected chi connectivity index (χ4v) is 1.27. The van der Waals surface area contributed by atoms with E-state index in [1.165, 1.54) is 0 Å². The summed E-state index contributed by atoms with van der Waals surface area (Å²) in [6.45, 7) is 1.78. The van der Waals surface area contributed by atoms with Gasteiger partial charge in [0.2, 0.25) is 5.91 Å². The normalized spacial score (nSPS) is 11.8. The Morgan fingerprint density at radius 1 is 1.38 bits per heavy atom. The first kappa shape index (κ1) is 12.0. The number of carboxylic acids is 1. The zero-order valence-electron chi connectivity index (χ0n) is 8.93. The molecule has 5 heteroatoms. The first-order valence-electron chi connectivity index (χ1n) is 4.93. The number of rotatable bonds is 5. The smallest absolute Gasteiger partial charge is 0.326 e. The average Bonchev–Trinajstić information content (AvgIpc) is 2.26. The number of aliphatic carboxylic acids is 1. The summed E-state index contributed by atoms with van der Waals surface area (Å²) in [6, 6.07) is 5.75. The number of carbonyl (C=O) groups is 2. The molecular formula is C11H14N2O3. The van der Waals surface area contributed by atoms with Crippen LogP contribution in [0.4, 0.5) is 5.69 Å². The minimum atomic E-state index is -0.901. The number of nitrogens with one attached hydrogen (secondary N) is 1. The topological polar surface area (TPSA) is 92.4 Å². The lowest BCUT2D eigenvalue weighted by molar-refractivity contribution is -0.137. The number of amides is 1. The van der Waals surface area contributed by atoms with E-state index in [1.807, 2.05) is 0 Å². The van der Waals surface area contributed by atoms with Gasteiger partial charge in [0.15, 0.2) is 0 Å². The Labute approximate surface area is 93.3 Å². The minimum absolute atomic E-state index is 0.397. The van der Waals surface area contributed by atoms with Crippen LogP contribution in [0.5, 0.6) is 0 Å². The first-order valence-corrected chi connectivity index (χ1v) is 4.93. The van der Waals surface area contributed by atoms with E-state index in [4.69, 9.17) is 10.8 Å². The summed E-state index contributed by atoms with van der Waals surface area (Å²) in [5.41, 5.74) is 6.14. The highest BCUT2D eigenvalue weighted by Gasteiger charge is 2.14. The van der Waals surface area contributed by atoms with Gasteiger partial charge in [-0.1, -0.05) is 6.92 Å². The molecule has 0 aliphatic rings. The molecule has 0 heterocycles. The van der Waals surface area contributed by atoms with Crippen molar-refractivity contribution in [2.24, 2.45) is 5.73 Å². The van der Waals surface area contributed by atoms with E-state index in [-0.39, 0.29) is 0 Å². The summed E-state index contributed by atoms with van der Waals surface area (Å²) in [4.78, 5) is 21.6. The molecule has 0 saturated heterocycles. The maximum absolute atomic E-state index is 10.8. The Kier molecular flexibility index (Phi) is 3.88. The number of hydrogen-bond acceptors (Lipinski definition) is 3. The molecule has 1 unspecified atom stereocenters. The molecule has 1 aromatic carbocycles. The third-order valence-electron chi connectivity index (χ3n) is 2.22. The third-order valence-corrected chi connectivity index (χ3v) is 2.22. The first-order chi connectivity index (χ1) is 7.54. The largest absolute Gasteiger partial charge is 0.480 e. The van der Waals surface area contributed by atoms with Crippen LogP contribution >= 0.6 is 0 Å². The molecule has 1 aromatic rings. The van der Waals surface area contributed by atoms with E-state index in [1.54, 1.807) is 31.2 Å². The van der Waals surface area contributed by atoms with Crippen LogP contribution in [0.2, 0.25) is 0 Å². The van der Waals surface area contributed by atoms with Gasteiger partial charge in [-0.15, -0.1) is 0 Å². The third kappa shape index (κ3) is 2.98. The van der Waals surface area contributed by atoms with Crippen molar-refractivity contribution in [3.05, 3.63) is 29.8 Å². The molecular weight excluding hydrogens is 208 g/mol. The van der Waals surface area contributed by atoms with Crippen molar-refractivity contribution in [2.75, 3.05) is 5.32 Å². The Hall–Kier alpha value is -2.04. The van der Waals surface area contributed by atoms with Crippen LogP contribution in [0.3, 0.4) is 0 Å². The quantitative estimate of drug-likeness (QED) is 0.694. The molecule has 1 amide bonds. The van der Waals surface area contributed by atoms with Crippen LogP contribution in [-0.4, -0.2) is 23.0 Å². The van der Waals surface area contributed by atoms with Crippen LogP contribution < -0.4 is 11.1 Å². The highest BCUT2D eigenvalue weighted by atomic mass is 16.4. The predicted octanol–water partition coefficient (Wildman–Crippen LogP) is 1.06. The number of nitrogens with two attached hydrogens (primary N) is 1. The van der Waals surface area contributed by atoms with Crippen molar-refractivity contribution in [2.45, 2.75) is 19.4 Å². The molecule has 1 atom stereocenters. The van der Waals surface area contributed by atoms with E-state index in [2.05, 4.69) is 5.32 Å². The summed E-state index contributed by atoms with van der Waals surface area (Å²) < 4.78 is 0. The van der Waals surface area contributed by atoms with E-state index >= 15 is 0 Å². The fourth-order valence-electron chi connectivity index (χ4n) is 1.27. The van der Waals surface area contributed by atoms with Crippen LogP contribution in [0.25, 0.3) is 0 Å². The standard InChI is InChI=1S/C11H14N2O3/c1-2-9(11(15)16)13-8-5-3-7(4-6-8)10(12)14/h3-6,9,13H,2H2,1H3,(H2,12,14)(H,15,16).